The van der Waals surface area contributed by atoms with Gasteiger partial charge in [-0.1, -0.05) is 46.5 Å². The van der Waals surface area contributed by atoms with E-state index >= 15 is 0 Å². The summed E-state index contributed by atoms with van der Waals surface area (Å²) in [5, 5.41) is 9.76. The van der Waals surface area contributed by atoms with Gasteiger partial charge >= 0.3 is 5.97 Å². The van der Waals surface area contributed by atoms with E-state index in [1.165, 1.54) is 0 Å². The molecule has 3 rings (SSSR count). The molecular formula is C23H27FO5. The largest absolute Gasteiger partial charge is 0.459 e. The number of alkyl halides is 1. The summed E-state index contributed by atoms with van der Waals surface area (Å²) in [6, 6.07) is 11.4. The maximum atomic E-state index is 14.4. The average molecular weight is 402 g/mol. The molecule has 0 amide bonds. The molecule has 0 saturated carbocycles. The van der Waals surface area contributed by atoms with Gasteiger partial charge in [-0.25, -0.2) is 9.18 Å². The van der Waals surface area contributed by atoms with Crippen molar-refractivity contribution in [3.63, 3.8) is 0 Å². The molecule has 1 N–H and O–H groups in total. The van der Waals surface area contributed by atoms with Crippen molar-refractivity contribution < 1.29 is 28.5 Å². The Kier molecular flexibility index (Phi) is 6.67. The Morgan fingerprint density at radius 1 is 1.00 bits per heavy atom. The van der Waals surface area contributed by atoms with E-state index in [0.717, 1.165) is 27.8 Å². The summed E-state index contributed by atoms with van der Waals surface area (Å²) in [6.07, 6.45) is -5.24. The molecule has 0 radical (unpaired) electrons. The Labute approximate surface area is 170 Å². The number of carbonyl (C=O) groups is 1. The van der Waals surface area contributed by atoms with Gasteiger partial charge in [0.25, 0.3) is 0 Å². The standard InChI is InChI=1S/C23H27FO5/c1-13-5-14(2)8-17(7-13)11-27-21-19(29-23(26)20(21)24)12-28-22(25)18-9-15(3)6-16(4)10-18/h5-10,19-21,23,26H,11-12H2,1-4H3/t19-,20+,21-,23?/m1/s1. The Bertz CT molecular complexity index is 841. The molecule has 1 fully saturated rings. The van der Waals surface area contributed by atoms with Crippen molar-refractivity contribution in [3.05, 3.63) is 69.8 Å². The first kappa shape index (κ1) is 21.4. The van der Waals surface area contributed by atoms with Crippen molar-refractivity contribution in [2.45, 2.75) is 59.0 Å². The molecule has 5 nitrogen and oxygen atoms in total. The minimum atomic E-state index is -1.72. The molecular weight excluding hydrogens is 375 g/mol. The monoisotopic (exact) mass is 402 g/mol. The number of halogens is 1. The summed E-state index contributed by atoms with van der Waals surface area (Å²) in [6.45, 7) is 7.71. The van der Waals surface area contributed by atoms with Crippen LogP contribution < -0.4 is 0 Å². The molecule has 4 atom stereocenters. The van der Waals surface area contributed by atoms with E-state index in [4.69, 9.17) is 14.2 Å². The van der Waals surface area contributed by atoms with E-state index in [1.807, 2.05) is 52.0 Å². The lowest BCUT2D eigenvalue weighted by Gasteiger charge is -2.20. The lowest BCUT2D eigenvalue weighted by atomic mass is 10.1. The maximum absolute atomic E-state index is 14.4. The van der Waals surface area contributed by atoms with Gasteiger partial charge in [-0.3, -0.25) is 0 Å². The van der Waals surface area contributed by atoms with Crippen molar-refractivity contribution in [1.82, 2.24) is 0 Å². The fraction of sp³-hybridized carbons (Fsp3) is 0.435. The fourth-order valence-electron chi connectivity index (χ4n) is 3.71. The third-order valence-electron chi connectivity index (χ3n) is 4.83. The van der Waals surface area contributed by atoms with E-state index in [1.54, 1.807) is 12.1 Å². The number of hydrogen-bond donors (Lipinski definition) is 1. The number of aryl methyl sites for hydroxylation is 4. The van der Waals surface area contributed by atoms with E-state index in [-0.39, 0.29) is 13.2 Å². The number of carbonyl (C=O) groups excluding carboxylic acids is 1. The predicted octanol–water partition coefficient (Wildman–Crippen LogP) is 3.72. The predicted molar refractivity (Wildman–Crippen MR) is 106 cm³/mol. The fourth-order valence-corrected chi connectivity index (χ4v) is 3.71. The lowest BCUT2D eigenvalue weighted by molar-refractivity contribution is -0.123. The van der Waals surface area contributed by atoms with Crippen LogP contribution >= 0.6 is 0 Å². The van der Waals surface area contributed by atoms with Crippen molar-refractivity contribution in [3.8, 4) is 0 Å². The van der Waals surface area contributed by atoms with Crippen LogP contribution in [0.4, 0.5) is 4.39 Å². The van der Waals surface area contributed by atoms with Gasteiger partial charge in [-0.05, 0) is 45.4 Å². The molecule has 0 bridgehead atoms. The highest BCUT2D eigenvalue weighted by Gasteiger charge is 2.46. The molecule has 29 heavy (non-hydrogen) atoms. The van der Waals surface area contributed by atoms with Crippen LogP contribution in [0, 0.1) is 27.7 Å². The van der Waals surface area contributed by atoms with Crippen LogP contribution in [0.2, 0.25) is 0 Å². The van der Waals surface area contributed by atoms with Crippen LogP contribution in [0.1, 0.15) is 38.2 Å². The van der Waals surface area contributed by atoms with Crippen LogP contribution in [-0.4, -0.2) is 42.4 Å². The smallest absolute Gasteiger partial charge is 0.338 e. The second kappa shape index (κ2) is 9.03. The molecule has 6 heteroatoms. The molecule has 1 aliphatic rings. The molecule has 0 spiro atoms. The number of hydrogen-bond acceptors (Lipinski definition) is 5. The third kappa shape index (κ3) is 5.41. The average Bonchev–Trinajstić information content (AvgIpc) is 2.90. The lowest BCUT2D eigenvalue weighted by Crippen LogP contribution is -2.35. The molecule has 1 unspecified atom stereocenters. The van der Waals surface area contributed by atoms with Gasteiger partial charge in [0, 0.05) is 0 Å². The van der Waals surface area contributed by atoms with Crippen LogP contribution in [-0.2, 0) is 20.8 Å². The zero-order valence-electron chi connectivity index (χ0n) is 17.1. The minimum Gasteiger partial charge on any atom is -0.459 e. The number of benzene rings is 2. The SMILES string of the molecule is Cc1cc(C)cc(CO[C@H]2[C@H](F)C(O)O[C@@H]2COC(=O)c2cc(C)cc(C)c2)c1. The number of ether oxygens (including phenoxy) is 3. The Hall–Kier alpha value is -2.28. The zero-order valence-corrected chi connectivity index (χ0v) is 17.1. The summed E-state index contributed by atoms with van der Waals surface area (Å²) in [5.41, 5.74) is 5.39. The van der Waals surface area contributed by atoms with Crippen molar-refractivity contribution in [2.75, 3.05) is 6.61 Å². The Morgan fingerprint density at radius 3 is 2.14 bits per heavy atom. The Balaban J connectivity index is 1.63. The van der Waals surface area contributed by atoms with Crippen molar-refractivity contribution in [2.24, 2.45) is 0 Å². The first-order valence-corrected chi connectivity index (χ1v) is 9.65. The Morgan fingerprint density at radius 2 is 1.55 bits per heavy atom. The summed E-state index contributed by atoms with van der Waals surface area (Å²) in [4.78, 5) is 12.4. The van der Waals surface area contributed by atoms with Gasteiger partial charge in [0.15, 0.2) is 12.5 Å². The molecule has 2 aromatic rings. The molecule has 1 aliphatic heterocycles. The molecule has 156 valence electrons. The van der Waals surface area contributed by atoms with Gasteiger partial charge in [-0.2, -0.15) is 0 Å². The summed E-state index contributed by atoms with van der Waals surface area (Å²) in [5.74, 6) is -0.523. The maximum Gasteiger partial charge on any atom is 0.338 e. The van der Waals surface area contributed by atoms with E-state index in [9.17, 15) is 14.3 Å². The van der Waals surface area contributed by atoms with Crippen LogP contribution in [0.15, 0.2) is 36.4 Å². The topological polar surface area (TPSA) is 65.0 Å². The quantitative estimate of drug-likeness (QED) is 0.746. The first-order valence-electron chi connectivity index (χ1n) is 9.65. The molecule has 2 aromatic carbocycles. The van der Waals surface area contributed by atoms with Crippen molar-refractivity contribution in [1.29, 1.82) is 0 Å². The number of esters is 1. The molecule has 0 aliphatic carbocycles. The highest BCUT2D eigenvalue weighted by Crippen LogP contribution is 2.27. The van der Waals surface area contributed by atoms with Crippen LogP contribution in [0.25, 0.3) is 0 Å². The second-order valence-corrected chi connectivity index (χ2v) is 7.76. The zero-order chi connectivity index (χ0) is 21.1. The summed E-state index contributed by atoms with van der Waals surface area (Å²) < 4.78 is 30.7. The number of aliphatic hydroxyl groups excluding tert-OH is 1. The molecule has 0 aromatic heterocycles. The first-order chi connectivity index (χ1) is 13.7. The van der Waals surface area contributed by atoms with Crippen molar-refractivity contribution >= 4 is 5.97 Å². The van der Waals surface area contributed by atoms with Gasteiger partial charge in [0.2, 0.25) is 0 Å². The highest BCUT2D eigenvalue weighted by molar-refractivity contribution is 5.89. The molecule has 1 saturated heterocycles. The van der Waals surface area contributed by atoms with Crippen LogP contribution in [0.3, 0.4) is 0 Å². The summed E-state index contributed by atoms with van der Waals surface area (Å²) >= 11 is 0. The van der Waals surface area contributed by atoms with E-state index in [2.05, 4.69) is 0 Å². The third-order valence-corrected chi connectivity index (χ3v) is 4.83. The molecule has 1 heterocycles. The van der Waals surface area contributed by atoms with Gasteiger partial charge in [-0.15, -0.1) is 0 Å². The van der Waals surface area contributed by atoms with E-state index < -0.39 is 30.6 Å². The normalized spacial score (nSPS) is 23.9. The van der Waals surface area contributed by atoms with Crippen LogP contribution in [0.5, 0.6) is 0 Å². The summed E-state index contributed by atoms with van der Waals surface area (Å²) in [7, 11) is 0. The highest BCUT2D eigenvalue weighted by atomic mass is 19.1. The van der Waals surface area contributed by atoms with E-state index in [0.29, 0.717) is 5.56 Å². The van der Waals surface area contributed by atoms with Gasteiger partial charge < -0.3 is 19.3 Å². The number of rotatable bonds is 6. The number of aliphatic hydroxyl groups is 1. The second-order valence-electron chi connectivity index (χ2n) is 7.76. The minimum absolute atomic E-state index is 0.172. The van der Waals surface area contributed by atoms with Gasteiger partial charge in [0.05, 0.1) is 12.2 Å². The van der Waals surface area contributed by atoms with Gasteiger partial charge in [0.1, 0.15) is 18.8 Å².